The normalized spacial score (nSPS) is 16.7. The minimum absolute atomic E-state index is 0.243. The van der Waals surface area contributed by atoms with Gasteiger partial charge >= 0.3 is 0 Å². The van der Waals surface area contributed by atoms with Crippen molar-refractivity contribution in [1.29, 1.82) is 0 Å². The first-order valence-corrected chi connectivity index (χ1v) is 10.3. The van der Waals surface area contributed by atoms with Gasteiger partial charge in [-0.15, -0.1) is 5.10 Å². The number of rotatable bonds is 8. The van der Waals surface area contributed by atoms with Crippen LogP contribution in [0.1, 0.15) is 43.3 Å². The number of benzene rings is 1. The van der Waals surface area contributed by atoms with Gasteiger partial charge < -0.3 is 9.64 Å². The molecule has 7 heteroatoms. The minimum Gasteiger partial charge on any atom is -0.383 e. The van der Waals surface area contributed by atoms with Gasteiger partial charge in [0, 0.05) is 39.0 Å². The van der Waals surface area contributed by atoms with E-state index in [1.165, 1.54) is 16.8 Å². The molecule has 1 fully saturated rings. The Hall–Kier alpha value is -1.99. The average Bonchev–Trinajstić information content (AvgIpc) is 3.14. The zero-order valence-corrected chi connectivity index (χ0v) is 17.9. The molecule has 0 unspecified atom stereocenters. The molecule has 0 aliphatic carbocycles. The van der Waals surface area contributed by atoms with Crippen LogP contribution in [0, 0.1) is 19.8 Å². The first-order chi connectivity index (χ1) is 13.5. The van der Waals surface area contributed by atoms with Gasteiger partial charge in [-0.05, 0) is 53.8 Å². The molecule has 28 heavy (non-hydrogen) atoms. The van der Waals surface area contributed by atoms with Crippen LogP contribution in [0.15, 0.2) is 18.2 Å². The largest absolute Gasteiger partial charge is 0.383 e. The van der Waals surface area contributed by atoms with Crippen LogP contribution in [-0.2, 0) is 11.3 Å². The second-order valence-corrected chi connectivity index (χ2v) is 8.21. The molecule has 1 saturated heterocycles. The summed E-state index contributed by atoms with van der Waals surface area (Å²) in [5.74, 6) is 1.54. The second-order valence-electron chi connectivity index (χ2n) is 8.21. The number of aromatic nitrogens is 4. The summed E-state index contributed by atoms with van der Waals surface area (Å²) in [6, 6.07) is 6.96. The lowest BCUT2D eigenvalue weighted by Crippen LogP contribution is -2.48. The molecule has 1 atom stereocenters. The summed E-state index contributed by atoms with van der Waals surface area (Å²) in [6.07, 6.45) is 1.05. The number of hydrogen-bond acceptors (Lipinski definition) is 6. The van der Waals surface area contributed by atoms with Crippen molar-refractivity contribution in [3.05, 3.63) is 35.2 Å². The van der Waals surface area contributed by atoms with Crippen molar-refractivity contribution >= 4 is 5.69 Å². The summed E-state index contributed by atoms with van der Waals surface area (Å²) in [7, 11) is 1.71. The molecule has 3 rings (SSSR count). The molecular formula is C21H34N6O. The molecule has 0 radical (unpaired) electrons. The maximum atomic E-state index is 5.22. The van der Waals surface area contributed by atoms with Gasteiger partial charge in [0.05, 0.1) is 19.2 Å². The molecular weight excluding hydrogens is 352 g/mol. The summed E-state index contributed by atoms with van der Waals surface area (Å²) in [5, 5.41) is 12.5. The van der Waals surface area contributed by atoms with Crippen LogP contribution in [0.25, 0.3) is 0 Å². The molecule has 0 spiro atoms. The van der Waals surface area contributed by atoms with E-state index in [4.69, 9.17) is 4.74 Å². The van der Waals surface area contributed by atoms with E-state index in [-0.39, 0.29) is 6.04 Å². The molecule has 0 N–H and O–H groups in total. The van der Waals surface area contributed by atoms with Gasteiger partial charge in [-0.1, -0.05) is 26.0 Å². The number of ether oxygens (including phenoxy) is 1. The van der Waals surface area contributed by atoms with Crippen LogP contribution in [0.2, 0.25) is 0 Å². The van der Waals surface area contributed by atoms with Gasteiger partial charge in [0.15, 0.2) is 5.82 Å². The first-order valence-electron chi connectivity index (χ1n) is 10.3. The van der Waals surface area contributed by atoms with E-state index in [0.717, 1.165) is 38.4 Å². The van der Waals surface area contributed by atoms with E-state index in [1.54, 1.807) is 7.11 Å². The van der Waals surface area contributed by atoms with E-state index in [9.17, 15) is 0 Å². The fourth-order valence-corrected chi connectivity index (χ4v) is 3.99. The van der Waals surface area contributed by atoms with Crippen molar-refractivity contribution in [2.45, 2.75) is 46.7 Å². The number of nitrogens with zero attached hydrogens (tertiary/aromatic N) is 6. The van der Waals surface area contributed by atoms with Gasteiger partial charge in [-0.2, -0.15) is 0 Å². The monoisotopic (exact) mass is 386 g/mol. The smallest absolute Gasteiger partial charge is 0.168 e. The number of aryl methyl sites for hydroxylation is 2. The van der Waals surface area contributed by atoms with Crippen LogP contribution in [0.3, 0.4) is 0 Å². The number of anilines is 1. The topological polar surface area (TPSA) is 59.3 Å². The molecule has 7 nitrogen and oxygen atoms in total. The third-order valence-electron chi connectivity index (χ3n) is 5.52. The second kappa shape index (κ2) is 9.47. The van der Waals surface area contributed by atoms with Crippen molar-refractivity contribution in [1.82, 2.24) is 25.1 Å². The summed E-state index contributed by atoms with van der Waals surface area (Å²) in [4.78, 5) is 5.07. The van der Waals surface area contributed by atoms with E-state index in [2.05, 4.69) is 71.2 Å². The van der Waals surface area contributed by atoms with Gasteiger partial charge in [0.2, 0.25) is 0 Å². The number of piperazine rings is 1. The predicted molar refractivity (Wildman–Crippen MR) is 112 cm³/mol. The van der Waals surface area contributed by atoms with Crippen LogP contribution >= 0.6 is 0 Å². The van der Waals surface area contributed by atoms with Crippen molar-refractivity contribution in [3.8, 4) is 0 Å². The third-order valence-corrected chi connectivity index (χ3v) is 5.52. The molecule has 2 heterocycles. The molecule has 0 bridgehead atoms. The highest BCUT2D eigenvalue weighted by atomic mass is 16.5. The molecule has 0 saturated carbocycles. The minimum atomic E-state index is 0.243. The molecule has 1 aliphatic heterocycles. The molecule has 0 amide bonds. The van der Waals surface area contributed by atoms with Crippen LogP contribution in [0.5, 0.6) is 0 Å². The predicted octanol–water partition coefficient (Wildman–Crippen LogP) is 2.85. The highest BCUT2D eigenvalue weighted by molar-refractivity contribution is 5.55. The summed E-state index contributed by atoms with van der Waals surface area (Å²) < 4.78 is 7.13. The summed E-state index contributed by atoms with van der Waals surface area (Å²) in [5.41, 5.74) is 4.03. The van der Waals surface area contributed by atoms with Gasteiger partial charge in [0.1, 0.15) is 0 Å². The van der Waals surface area contributed by atoms with E-state index in [1.807, 2.05) is 4.68 Å². The Morgan fingerprint density at radius 1 is 1.11 bits per heavy atom. The fraction of sp³-hybridized carbons (Fsp3) is 0.667. The molecule has 1 aromatic carbocycles. The zero-order chi connectivity index (χ0) is 20.1. The Kier molecular flexibility index (Phi) is 7.02. The standard InChI is InChI=1S/C21H34N6O/c1-16(2)14-20(21-22-23-24-27(21)12-13-28-5)26-10-8-25(9-11-26)19-15-17(3)6-7-18(19)4/h6-7,15-16,20H,8-14H2,1-5H3/t20-/m0/s1. The maximum Gasteiger partial charge on any atom is 0.168 e. The Morgan fingerprint density at radius 3 is 2.54 bits per heavy atom. The van der Waals surface area contributed by atoms with Gasteiger partial charge in [0.25, 0.3) is 0 Å². The Morgan fingerprint density at radius 2 is 1.86 bits per heavy atom. The number of tetrazole rings is 1. The molecule has 2 aromatic rings. The molecule has 1 aromatic heterocycles. The van der Waals surface area contributed by atoms with E-state index < -0.39 is 0 Å². The van der Waals surface area contributed by atoms with Crippen molar-refractivity contribution in [2.75, 3.05) is 44.8 Å². The summed E-state index contributed by atoms with van der Waals surface area (Å²) in [6.45, 7) is 14.3. The number of hydrogen-bond donors (Lipinski definition) is 0. The van der Waals surface area contributed by atoms with E-state index in [0.29, 0.717) is 19.1 Å². The quantitative estimate of drug-likeness (QED) is 0.695. The fourth-order valence-electron chi connectivity index (χ4n) is 3.99. The lowest BCUT2D eigenvalue weighted by atomic mass is 10.0. The molecule has 154 valence electrons. The Labute approximate surface area is 168 Å². The first kappa shape index (κ1) is 20.7. The molecule has 1 aliphatic rings. The Balaban J connectivity index is 1.73. The van der Waals surface area contributed by atoms with E-state index >= 15 is 0 Å². The average molecular weight is 387 g/mol. The maximum absolute atomic E-state index is 5.22. The van der Waals surface area contributed by atoms with Gasteiger partial charge in [-0.25, -0.2) is 4.68 Å². The highest BCUT2D eigenvalue weighted by Crippen LogP contribution is 2.29. The van der Waals surface area contributed by atoms with Crippen LogP contribution in [0.4, 0.5) is 5.69 Å². The van der Waals surface area contributed by atoms with Crippen molar-refractivity contribution < 1.29 is 4.74 Å². The van der Waals surface area contributed by atoms with Crippen molar-refractivity contribution in [2.24, 2.45) is 5.92 Å². The number of methoxy groups -OCH3 is 1. The van der Waals surface area contributed by atoms with Crippen molar-refractivity contribution in [3.63, 3.8) is 0 Å². The SMILES string of the molecule is COCCn1nnnc1[C@H](CC(C)C)N1CCN(c2cc(C)ccc2C)CC1. The van der Waals surface area contributed by atoms with Gasteiger partial charge in [-0.3, -0.25) is 4.90 Å². The van der Waals surface area contributed by atoms with Crippen LogP contribution in [-0.4, -0.2) is 65.0 Å². The lowest BCUT2D eigenvalue weighted by molar-refractivity contribution is 0.145. The highest BCUT2D eigenvalue weighted by Gasteiger charge is 2.30. The lowest BCUT2D eigenvalue weighted by Gasteiger charge is -2.40. The zero-order valence-electron chi connectivity index (χ0n) is 17.9. The Bertz CT molecular complexity index is 751. The third kappa shape index (κ3) is 4.89. The van der Waals surface area contributed by atoms with Crippen LogP contribution < -0.4 is 4.90 Å². The summed E-state index contributed by atoms with van der Waals surface area (Å²) >= 11 is 0.